The molecule has 3 rings (SSSR count). The summed E-state index contributed by atoms with van der Waals surface area (Å²) in [6, 6.07) is 15.3. The number of urea groups is 1. The average molecular weight is 326 g/mol. The number of hydrogen-bond donors (Lipinski definition) is 1. The molecule has 0 radical (unpaired) electrons. The molecule has 1 aliphatic heterocycles. The number of rotatable bonds is 4. The van der Waals surface area contributed by atoms with E-state index < -0.39 is 0 Å². The van der Waals surface area contributed by atoms with Crippen LogP contribution in [0, 0.1) is 0 Å². The fourth-order valence-corrected chi connectivity index (χ4v) is 3.05. The zero-order valence-electron chi connectivity index (χ0n) is 14.0. The van der Waals surface area contributed by atoms with Gasteiger partial charge in [-0.3, -0.25) is 0 Å². The van der Waals surface area contributed by atoms with Gasteiger partial charge >= 0.3 is 6.03 Å². The maximum atomic E-state index is 12.6. The number of anilines is 1. The van der Waals surface area contributed by atoms with Crippen LogP contribution in [-0.4, -0.2) is 31.7 Å². The van der Waals surface area contributed by atoms with Crippen molar-refractivity contribution in [2.75, 3.05) is 26.1 Å². The molecule has 2 amide bonds. The average Bonchev–Trinajstić information content (AvgIpc) is 3.12. The van der Waals surface area contributed by atoms with E-state index in [0.29, 0.717) is 0 Å². The largest absolute Gasteiger partial charge is 0.497 e. The third-order valence-electron chi connectivity index (χ3n) is 4.36. The van der Waals surface area contributed by atoms with Crippen LogP contribution in [0.5, 0.6) is 11.5 Å². The van der Waals surface area contributed by atoms with Crippen molar-refractivity contribution in [2.45, 2.75) is 18.9 Å². The Morgan fingerprint density at radius 1 is 1.00 bits per heavy atom. The lowest BCUT2D eigenvalue weighted by Gasteiger charge is -2.25. The number of carbonyl (C=O) groups excluding carboxylic acids is 1. The second-order valence-corrected chi connectivity index (χ2v) is 5.78. The molecule has 1 fully saturated rings. The Morgan fingerprint density at radius 3 is 2.17 bits per heavy atom. The first-order chi connectivity index (χ1) is 11.7. The topological polar surface area (TPSA) is 50.8 Å². The highest BCUT2D eigenvalue weighted by Crippen LogP contribution is 2.33. The lowest BCUT2D eigenvalue weighted by Crippen LogP contribution is -2.34. The molecule has 126 valence electrons. The van der Waals surface area contributed by atoms with Crippen LogP contribution in [0.25, 0.3) is 0 Å². The van der Waals surface area contributed by atoms with E-state index in [0.717, 1.165) is 42.1 Å². The maximum absolute atomic E-state index is 12.6. The molecule has 5 nitrogen and oxygen atoms in total. The molecule has 0 saturated carbocycles. The molecule has 0 aromatic heterocycles. The molecule has 2 aromatic carbocycles. The summed E-state index contributed by atoms with van der Waals surface area (Å²) < 4.78 is 10.3. The molecule has 1 unspecified atom stereocenters. The van der Waals surface area contributed by atoms with Gasteiger partial charge < -0.3 is 19.7 Å². The number of likely N-dealkylation sites (tertiary alicyclic amines) is 1. The highest BCUT2D eigenvalue weighted by molar-refractivity contribution is 5.89. The summed E-state index contributed by atoms with van der Waals surface area (Å²) in [6.45, 7) is 0.763. The Kier molecular flexibility index (Phi) is 4.89. The molecule has 1 aliphatic rings. The number of nitrogens with one attached hydrogen (secondary N) is 1. The first kappa shape index (κ1) is 16.2. The minimum absolute atomic E-state index is 0.0708. The summed E-state index contributed by atoms with van der Waals surface area (Å²) >= 11 is 0. The molecule has 1 N–H and O–H groups in total. The number of benzene rings is 2. The summed E-state index contributed by atoms with van der Waals surface area (Å²) in [6.07, 6.45) is 1.98. The van der Waals surface area contributed by atoms with Crippen molar-refractivity contribution in [3.8, 4) is 11.5 Å². The molecular formula is C19H22N2O3. The van der Waals surface area contributed by atoms with Gasteiger partial charge in [-0.15, -0.1) is 0 Å². The van der Waals surface area contributed by atoms with Gasteiger partial charge in [-0.1, -0.05) is 12.1 Å². The van der Waals surface area contributed by atoms with Gasteiger partial charge in [0.1, 0.15) is 11.5 Å². The fourth-order valence-electron chi connectivity index (χ4n) is 3.05. The fraction of sp³-hybridized carbons (Fsp3) is 0.316. The van der Waals surface area contributed by atoms with Gasteiger partial charge in [-0.2, -0.15) is 0 Å². The van der Waals surface area contributed by atoms with Crippen LogP contribution in [0.2, 0.25) is 0 Å². The van der Waals surface area contributed by atoms with Crippen LogP contribution < -0.4 is 14.8 Å². The lowest BCUT2D eigenvalue weighted by molar-refractivity contribution is 0.207. The van der Waals surface area contributed by atoms with E-state index in [4.69, 9.17) is 9.47 Å². The molecule has 5 heteroatoms. The second kappa shape index (κ2) is 7.25. The van der Waals surface area contributed by atoms with E-state index in [1.165, 1.54) is 0 Å². The zero-order chi connectivity index (χ0) is 16.9. The first-order valence-corrected chi connectivity index (χ1v) is 8.07. The highest BCUT2D eigenvalue weighted by Gasteiger charge is 2.30. The molecule has 0 aliphatic carbocycles. The summed E-state index contributed by atoms with van der Waals surface area (Å²) in [5.74, 6) is 1.59. The smallest absolute Gasteiger partial charge is 0.322 e. The van der Waals surface area contributed by atoms with Crippen molar-refractivity contribution in [3.63, 3.8) is 0 Å². The van der Waals surface area contributed by atoms with Crippen LogP contribution >= 0.6 is 0 Å². The Labute approximate surface area is 142 Å². The van der Waals surface area contributed by atoms with Gasteiger partial charge in [0.15, 0.2) is 0 Å². The summed E-state index contributed by atoms with van der Waals surface area (Å²) in [5, 5.41) is 2.96. The number of carbonyl (C=O) groups is 1. The van der Waals surface area contributed by atoms with Gasteiger partial charge in [0.05, 0.1) is 20.3 Å². The number of amides is 2. The summed E-state index contributed by atoms with van der Waals surface area (Å²) in [4.78, 5) is 14.5. The van der Waals surface area contributed by atoms with Gasteiger partial charge in [-0.25, -0.2) is 4.79 Å². The summed E-state index contributed by atoms with van der Waals surface area (Å²) in [7, 11) is 3.27. The van der Waals surface area contributed by atoms with Crippen LogP contribution in [0.4, 0.5) is 10.5 Å². The van der Waals surface area contributed by atoms with E-state index in [-0.39, 0.29) is 12.1 Å². The maximum Gasteiger partial charge on any atom is 0.322 e. The first-order valence-electron chi connectivity index (χ1n) is 8.07. The molecule has 2 aromatic rings. The van der Waals surface area contributed by atoms with E-state index >= 15 is 0 Å². The van der Waals surface area contributed by atoms with E-state index in [1.807, 2.05) is 53.4 Å². The molecule has 1 saturated heterocycles. The molecule has 0 spiro atoms. The van der Waals surface area contributed by atoms with Crippen molar-refractivity contribution >= 4 is 11.7 Å². The molecule has 1 atom stereocenters. The quantitative estimate of drug-likeness (QED) is 0.921. The van der Waals surface area contributed by atoms with Crippen molar-refractivity contribution < 1.29 is 14.3 Å². The molecule has 1 heterocycles. The Morgan fingerprint density at radius 2 is 1.58 bits per heavy atom. The highest BCUT2D eigenvalue weighted by atomic mass is 16.5. The Bertz CT molecular complexity index is 683. The van der Waals surface area contributed by atoms with Crippen molar-refractivity contribution in [1.82, 2.24) is 4.90 Å². The Balaban J connectivity index is 1.70. The normalized spacial score (nSPS) is 16.8. The number of methoxy groups -OCH3 is 2. The van der Waals surface area contributed by atoms with Gasteiger partial charge in [0, 0.05) is 12.2 Å². The minimum atomic E-state index is -0.0708. The number of hydrogen-bond acceptors (Lipinski definition) is 3. The summed E-state index contributed by atoms with van der Waals surface area (Å²) in [5.41, 5.74) is 1.90. The second-order valence-electron chi connectivity index (χ2n) is 5.78. The molecule has 24 heavy (non-hydrogen) atoms. The standard InChI is InChI=1S/C19H22N2O3/c1-23-16-9-5-14(6-10-16)18-4-3-13-21(18)19(22)20-15-7-11-17(24-2)12-8-15/h5-12,18H,3-4,13H2,1-2H3,(H,20,22). The van der Waals surface area contributed by atoms with Gasteiger partial charge in [0.2, 0.25) is 0 Å². The minimum Gasteiger partial charge on any atom is -0.497 e. The number of nitrogens with zero attached hydrogens (tertiary/aromatic N) is 1. The monoisotopic (exact) mass is 326 g/mol. The third kappa shape index (κ3) is 3.45. The Hall–Kier alpha value is -2.69. The van der Waals surface area contributed by atoms with E-state index in [2.05, 4.69) is 5.32 Å². The molecular weight excluding hydrogens is 304 g/mol. The van der Waals surface area contributed by atoms with E-state index in [9.17, 15) is 4.79 Å². The van der Waals surface area contributed by atoms with Crippen LogP contribution in [0.1, 0.15) is 24.4 Å². The molecule has 0 bridgehead atoms. The van der Waals surface area contributed by atoms with E-state index in [1.54, 1.807) is 14.2 Å². The lowest BCUT2D eigenvalue weighted by atomic mass is 10.0. The predicted molar refractivity (Wildman–Crippen MR) is 93.7 cm³/mol. The van der Waals surface area contributed by atoms with Crippen LogP contribution in [-0.2, 0) is 0 Å². The van der Waals surface area contributed by atoms with Gasteiger partial charge in [-0.05, 0) is 54.8 Å². The predicted octanol–water partition coefficient (Wildman–Crippen LogP) is 4.07. The number of ether oxygens (including phenoxy) is 2. The zero-order valence-corrected chi connectivity index (χ0v) is 14.0. The van der Waals surface area contributed by atoms with Crippen LogP contribution in [0.3, 0.4) is 0 Å². The third-order valence-corrected chi connectivity index (χ3v) is 4.36. The van der Waals surface area contributed by atoms with Gasteiger partial charge in [0.25, 0.3) is 0 Å². The van der Waals surface area contributed by atoms with Crippen molar-refractivity contribution in [1.29, 1.82) is 0 Å². The SMILES string of the molecule is COc1ccc(NC(=O)N2CCCC2c2ccc(OC)cc2)cc1. The van der Waals surface area contributed by atoms with Crippen molar-refractivity contribution in [3.05, 3.63) is 54.1 Å². The van der Waals surface area contributed by atoms with Crippen molar-refractivity contribution in [2.24, 2.45) is 0 Å². The van der Waals surface area contributed by atoms with Crippen LogP contribution in [0.15, 0.2) is 48.5 Å².